The predicted octanol–water partition coefficient (Wildman–Crippen LogP) is 3.10. The van der Waals surface area contributed by atoms with E-state index in [1.54, 1.807) is 0 Å². The number of amides is 1. The summed E-state index contributed by atoms with van der Waals surface area (Å²) >= 11 is 5.67. The molecule has 0 atom stereocenters. The SMILES string of the molecule is COC(=O)c1cc(NC(=O)CNc2ccc(Cl)cc2F)cc(C(=O)OC)c1. The van der Waals surface area contributed by atoms with E-state index in [2.05, 4.69) is 20.1 Å². The number of hydrogen-bond acceptors (Lipinski definition) is 6. The van der Waals surface area contributed by atoms with Crippen molar-refractivity contribution < 1.29 is 28.2 Å². The van der Waals surface area contributed by atoms with Crippen molar-refractivity contribution in [3.63, 3.8) is 0 Å². The molecule has 2 aromatic rings. The molecule has 2 aromatic carbocycles. The summed E-state index contributed by atoms with van der Waals surface area (Å²) in [4.78, 5) is 35.6. The third-order valence-corrected chi connectivity index (χ3v) is 3.66. The van der Waals surface area contributed by atoms with E-state index in [-0.39, 0.29) is 34.1 Å². The van der Waals surface area contributed by atoms with Crippen molar-refractivity contribution in [3.8, 4) is 0 Å². The number of methoxy groups -OCH3 is 2. The Bertz CT molecular complexity index is 854. The molecule has 142 valence electrons. The van der Waals surface area contributed by atoms with Crippen molar-refractivity contribution in [2.75, 3.05) is 31.4 Å². The van der Waals surface area contributed by atoms with Crippen molar-refractivity contribution in [1.29, 1.82) is 0 Å². The molecule has 0 radical (unpaired) electrons. The second-order valence-corrected chi connectivity index (χ2v) is 5.74. The molecule has 0 aliphatic rings. The van der Waals surface area contributed by atoms with Gasteiger partial charge in [-0.1, -0.05) is 11.6 Å². The molecule has 0 fully saturated rings. The van der Waals surface area contributed by atoms with Gasteiger partial charge in [0.25, 0.3) is 0 Å². The van der Waals surface area contributed by atoms with Crippen LogP contribution in [0, 0.1) is 5.82 Å². The number of ether oxygens (including phenoxy) is 2. The fraction of sp³-hybridized carbons (Fsp3) is 0.167. The molecule has 27 heavy (non-hydrogen) atoms. The molecule has 0 saturated carbocycles. The molecule has 1 amide bonds. The number of hydrogen-bond donors (Lipinski definition) is 2. The van der Waals surface area contributed by atoms with Crippen LogP contribution in [0.3, 0.4) is 0 Å². The molecule has 0 unspecified atom stereocenters. The van der Waals surface area contributed by atoms with Crippen LogP contribution in [0.25, 0.3) is 0 Å². The largest absolute Gasteiger partial charge is 0.465 e. The highest BCUT2D eigenvalue weighted by Crippen LogP contribution is 2.19. The fourth-order valence-corrected chi connectivity index (χ4v) is 2.34. The molecule has 0 saturated heterocycles. The zero-order valence-electron chi connectivity index (χ0n) is 14.5. The summed E-state index contributed by atoms with van der Waals surface area (Å²) in [5.74, 6) is -2.49. The monoisotopic (exact) mass is 394 g/mol. The first-order valence-corrected chi connectivity index (χ1v) is 8.02. The van der Waals surface area contributed by atoms with Crippen LogP contribution in [0.1, 0.15) is 20.7 Å². The topological polar surface area (TPSA) is 93.7 Å². The average molecular weight is 395 g/mol. The van der Waals surface area contributed by atoms with Gasteiger partial charge in [-0.15, -0.1) is 0 Å². The first-order valence-electron chi connectivity index (χ1n) is 7.64. The lowest BCUT2D eigenvalue weighted by molar-refractivity contribution is -0.114. The number of halogens is 2. The van der Waals surface area contributed by atoms with Gasteiger partial charge in [0.15, 0.2) is 0 Å². The number of carbonyl (C=O) groups excluding carboxylic acids is 3. The first-order chi connectivity index (χ1) is 12.8. The Morgan fingerprint density at radius 2 is 1.59 bits per heavy atom. The zero-order valence-corrected chi connectivity index (χ0v) is 15.2. The van der Waals surface area contributed by atoms with Crippen LogP contribution in [-0.4, -0.2) is 38.6 Å². The summed E-state index contributed by atoms with van der Waals surface area (Å²) in [7, 11) is 2.38. The van der Waals surface area contributed by atoms with Crippen LogP contribution in [0.15, 0.2) is 36.4 Å². The molecule has 0 bridgehead atoms. The maximum absolute atomic E-state index is 13.7. The van der Waals surface area contributed by atoms with Gasteiger partial charge in [-0.05, 0) is 36.4 Å². The molecular weight excluding hydrogens is 379 g/mol. The summed E-state index contributed by atoms with van der Waals surface area (Å²) in [6.07, 6.45) is 0. The molecule has 0 spiro atoms. The highest BCUT2D eigenvalue weighted by molar-refractivity contribution is 6.30. The number of carbonyl (C=O) groups is 3. The van der Waals surface area contributed by atoms with Crippen LogP contribution in [-0.2, 0) is 14.3 Å². The number of esters is 2. The number of anilines is 2. The van der Waals surface area contributed by atoms with E-state index >= 15 is 0 Å². The average Bonchev–Trinajstić information content (AvgIpc) is 2.65. The molecule has 0 aliphatic heterocycles. The minimum absolute atomic E-state index is 0.0624. The number of nitrogens with one attached hydrogen (secondary N) is 2. The molecular formula is C18H16ClFN2O5. The third-order valence-electron chi connectivity index (χ3n) is 3.43. The van der Waals surface area contributed by atoms with Crippen LogP contribution in [0.4, 0.5) is 15.8 Å². The molecule has 2 N–H and O–H groups in total. The van der Waals surface area contributed by atoms with Crippen molar-refractivity contribution in [2.45, 2.75) is 0 Å². The van der Waals surface area contributed by atoms with Crippen LogP contribution < -0.4 is 10.6 Å². The van der Waals surface area contributed by atoms with E-state index in [1.807, 2.05) is 0 Å². The Kier molecular flexibility index (Phi) is 6.73. The predicted molar refractivity (Wildman–Crippen MR) is 97.7 cm³/mol. The van der Waals surface area contributed by atoms with Crippen molar-refractivity contribution in [3.05, 3.63) is 58.4 Å². The highest BCUT2D eigenvalue weighted by atomic mass is 35.5. The zero-order chi connectivity index (χ0) is 20.0. The number of rotatable bonds is 6. The van der Waals surface area contributed by atoms with Crippen molar-refractivity contribution >= 4 is 40.8 Å². The maximum Gasteiger partial charge on any atom is 0.337 e. The van der Waals surface area contributed by atoms with Gasteiger partial charge in [-0.25, -0.2) is 14.0 Å². The Labute approximate surface area is 159 Å². The Morgan fingerprint density at radius 1 is 1.00 bits per heavy atom. The van der Waals surface area contributed by atoms with Gasteiger partial charge in [-0.2, -0.15) is 0 Å². The standard InChI is InChI=1S/C18H16ClFN2O5/c1-26-17(24)10-5-11(18(25)27-2)7-13(6-10)22-16(23)9-21-15-4-3-12(19)8-14(15)20/h3-8,21H,9H2,1-2H3,(H,22,23). The van der Waals surface area contributed by atoms with Crippen molar-refractivity contribution in [2.24, 2.45) is 0 Å². The lowest BCUT2D eigenvalue weighted by Crippen LogP contribution is -2.22. The van der Waals surface area contributed by atoms with Gasteiger partial charge in [0.1, 0.15) is 5.82 Å². The second-order valence-electron chi connectivity index (χ2n) is 5.31. The Morgan fingerprint density at radius 3 is 2.11 bits per heavy atom. The van der Waals surface area contributed by atoms with E-state index in [0.29, 0.717) is 0 Å². The normalized spacial score (nSPS) is 10.1. The van der Waals surface area contributed by atoms with Gasteiger partial charge in [0.2, 0.25) is 5.91 Å². The molecule has 9 heteroatoms. The van der Waals surface area contributed by atoms with Crippen LogP contribution in [0.2, 0.25) is 5.02 Å². The molecule has 0 aromatic heterocycles. The highest BCUT2D eigenvalue weighted by Gasteiger charge is 2.15. The first kappa shape index (κ1) is 20.2. The van der Waals surface area contributed by atoms with Crippen LogP contribution >= 0.6 is 11.6 Å². The lowest BCUT2D eigenvalue weighted by Gasteiger charge is -2.11. The minimum atomic E-state index is -0.683. The van der Waals surface area contributed by atoms with E-state index in [1.165, 1.54) is 44.6 Å². The van der Waals surface area contributed by atoms with Crippen molar-refractivity contribution in [1.82, 2.24) is 0 Å². The minimum Gasteiger partial charge on any atom is -0.465 e. The van der Waals surface area contributed by atoms with E-state index in [9.17, 15) is 18.8 Å². The summed E-state index contributed by atoms with van der Waals surface area (Å²) in [5.41, 5.74) is 0.412. The Balaban J connectivity index is 2.13. The summed E-state index contributed by atoms with van der Waals surface area (Å²) in [6.45, 7) is -0.255. The van der Waals surface area contributed by atoms with E-state index < -0.39 is 23.7 Å². The maximum atomic E-state index is 13.7. The number of benzene rings is 2. The molecule has 7 nitrogen and oxygen atoms in total. The van der Waals surface area contributed by atoms with Gasteiger partial charge in [-0.3, -0.25) is 4.79 Å². The molecule has 2 rings (SSSR count). The molecule has 0 heterocycles. The second kappa shape index (κ2) is 9.00. The van der Waals surface area contributed by atoms with Crippen LogP contribution in [0.5, 0.6) is 0 Å². The molecule has 0 aliphatic carbocycles. The fourth-order valence-electron chi connectivity index (χ4n) is 2.18. The summed E-state index contributed by atoms with van der Waals surface area (Å²) < 4.78 is 23.0. The van der Waals surface area contributed by atoms with E-state index in [4.69, 9.17) is 11.6 Å². The van der Waals surface area contributed by atoms with E-state index in [0.717, 1.165) is 6.07 Å². The lowest BCUT2D eigenvalue weighted by atomic mass is 10.1. The Hall–Kier alpha value is -3.13. The van der Waals surface area contributed by atoms with Gasteiger partial charge in [0, 0.05) is 10.7 Å². The van der Waals surface area contributed by atoms with Gasteiger partial charge >= 0.3 is 11.9 Å². The summed E-state index contributed by atoms with van der Waals surface area (Å²) in [6, 6.07) is 7.97. The smallest absolute Gasteiger partial charge is 0.337 e. The third kappa shape index (κ3) is 5.42. The quantitative estimate of drug-likeness (QED) is 0.731. The summed E-state index contributed by atoms with van der Waals surface area (Å²) in [5, 5.41) is 5.38. The van der Waals surface area contributed by atoms with Gasteiger partial charge in [0.05, 0.1) is 37.6 Å². The van der Waals surface area contributed by atoms with Gasteiger partial charge < -0.3 is 20.1 Å².